The second kappa shape index (κ2) is 6.38. The van der Waals surface area contributed by atoms with Gasteiger partial charge < -0.3 is 10.4 Å². The average Bonchev–Trinajstić information content (AvgIpc) is 2.93. The molecule has 1 heterocycles. The lowest BCUT2D eigenvalue weighted by atomic mass is 10.0. The van der Waals surface area contributed by atoms with Gasteiger partial charge in [0.2, 0.25) is 0 Å². The third kappa shape index (κ3) is 3.49. The number of amides is 1. The van der Waals surface area contributed by atoms with Crippen molar-refractivity contribution in [2.75, 3.05) is 0 Å². The van der Waals surface area contributed by atoms with Gasteiger partial charge in [-0.25, -0.2) is 9.48 Å². The second-order valence-corrected chi connectivity index (χ2v) is 5.42. The Balaban J connectivity index is 2.17. The first-order valence-corrected chi connectivity index (χ1v) is 6.91. The fraction of sp³-hybridized carbons (Fsp3) is 0.333. The molecular formula is C15H18N4O3. The Morgan fingerprint density at radius 2 is 2.05 bits per heavy atom. The first-order valence-electron chi connectivity index (χ1n) is 6.91. The number of nitrogens with one attached hydrogen (secondary N) is 1. The number of aryl methyl sites for hydroxylation is 1. The molecule has 0 unspecified atom stereocenters. The van der Waals surface area contributed by atoms with Crippen LogP contribution in [0.1, 0.15) is 29.9 Å². The molecule has 0 saturated heterocycles. The molecule has 0 aliphatic heterocycles. The fourth-order valence-corrected chi connectivity index (χ4v) is 1.99. The van der Waals surface area contributed by atoms with Crippen LogP contribution in [0, 0.1) is 12.8 Å². The van der Waals surface area contributed by atoms with Crippen molar-refractivity contribution in [2.24, 2.45) is 5.92 Å². The molecule has 0 aliphatic carbocycles. The molecule has 116 valence electrons. The van der Waals surface area contributed by atoms with Crippen molar-refractivity contribution >= 4 is 11.9 Å². The van der Waals surface area contributed by atoms with Gasteiger partial charge in [-0.1, -0.05) is 31.2 Å². The Hall–Kier alpha value is -2.70. The highest BCUT2D eigenvalue weighted by Crippen LogP contribution is 2.10. The minimum absolute atomic E-state index is 0.0772. The molecule has 0 aliphatic rings. The van der Waals surface area contributed by atoms with Gasteiger partial charge in [0, 0.05) is 0 Å². The number of carbonyl (C=O) groups is 2. The molecule has 0 saturated carbocycles. The molecule has 0 radical (unpaired) electrons. The number of nitrogens with zero attached hydrogens (tertiary/aromatic N) is 3. The van der Waals surface area contributed by atoms with Crippen LogP contribution in [-0.4, -0.2) is 38.0 Å². The molecule has 1 aromatic carbocycles. The standard InChI is InChI=1S/C15H18N4O3/c1-9(2)13(15(21)22)16-14(20)12-8-19(18-17-12)11-6-4-5-10(3)7-11/h4-9,13H,1-3H3,(H,16,20)(H,21,22)/t13-/m1/s1. The molecule has 0 spiro atoms. The Kier molecular flexibility index (Phi) is 4.55. The average molecular weight is 302 g/mol. The molecule has 0 bridgehead atoms. The maximum Gasteiger partial charge on any atom is 0.326 e. The van der Waals surface area contributed by atoms with Crippen LogP contribution in [0.15, 0.2) is 30.5 Å². The highest BCUT2D eigenvalue weighted by atomic mass is 16.4. The first-order chi connectivity index (χ1) is 10.4. The lowest BCUT2D eigenvalue weighted by molar-refractivity contribution is -0.140. The Morgan fingerprint density at radius 1 is 1.32 bits per heavy atom. The zero-order chi connectivity index (χ0) is 16.3. The Labute approximate surface area is 128 Å². The zero-order valence-electron chi connectivity index (χ0n) is 12.6. The summed E-state index contributed by atoms with van der Waals surface area (Å²) in [6.07, 6.45) is 1.48. The molecule has 2 aromatic rings. The second-order valence-electron chi connectivity index (χ2n) is 5.42. The summed E-state index contributed by atoms with van der Waals surface area (Å²) < 4.78 is 1.48. The van der Waals surface area contributed by atoms with Gasteiger partial charge in [-0.15, -0.1) is 5.10 Å². The molecule has 1 aromatic heterocycles. The van der Waals surface area contributed by atoms with Crippen LogP contribution in [0.3, 0.4) is 0 Å². The maximum absolute atomic E-state index is 12.1. The van der Waals surface area contributed by atoms with E-state index in [4.69, 9.17) is 5.11 Å². The van der Waals surface area contributed by atoms with E-state index in [0.29, 0.717) is 0 Å². The van der Waals surface area contributed by atoms with E-state index in [2.05, 4.69) is 15.6 Å². The van der Waals surface area contributed by atoms with Crippen molar-refractivity contribution < 1.29 is 14.7 Å². The molecule has 7 nitrogen and oxygen atoms in total. The van der Waals surface area contributed by atoms with Gasteiger partial charge in [-0.3, -0.25) is 4.79 Å². The normalized spacial score (nSPS) is 12.2. The Bertz CT molecular complexity index is 694. The molecule has 2 rings (SSSR count). The van der Waals surface area contributed by atoms with Gasteiger partial charge >= 0.3 is 5.97 Å². The summed E-state index contributed by atoms with van der Waals surface area (Å²) in [5, 5.41) is 19.3. The van der Waals surface area contributed by atoms with E-state index in [1.54, 1.807) is 13.8 Å². The van der Waals surface area contributed by atoms with Crippen LogP contribution < -0.4 is 5.32 Å². The largest absolute Gasteiger partial charge is 0.480 e. The van der Waals surface area contributed by atoms with Crippen molar-refractivity contribution in [3.8, 4) is 5.69 Å². The fourth-order valence-electron chi connectivity index (χ4n) is 1.99. The number of benzene rings is 1. The number of hydrogen-bond donors (Lipinski definition) is 2. The summed E-state index contributed by atoms with van der Waals surface area (Å²) >= 11 is 0. The summed E-state index contributed by atoms with van der Waals surface area (Å²) in [4.78, 5) is 23.2. The van der Waals surface area contributed by atoms with E-state index < -0.39 is 17.9 Å². The van der Waals surface area contributed by atoms with Crippen LogP contribution in [0.5, 0.6) is 0 Å². The van der Waals surface area contributed by atoms with Crippen molar-refractivity contribution in [2.45, 2.75) is 26.8 Å². The van der Waals surface area contributed by atoms with Crippen LogP contribution in [0.4, 0.5) is 0 Å². The monoisotopic (exact) mass is 302 g/mol. The predicted molar refractivity (Wildman–Crippen MR) is 79.8 cm³/mol. The third-order valence-electron chi connectivity index (χ3n) is 3.21. The molecule has 7 heteroatoms. The Morgan fingerprint density at radius 3 is 2.64 bits per heavy atom. The predicted octanol–water partition coefficient (Wildman–Crippen LogP) is 1.41. The number of aromatic nitrogens is 3. The maximum atomic E-state index is 12.1. The highest BCUT2D eigenvalue weighted by Gasteiger charge is 2.25. The lowest BCUT2D eigenvalue weighted by Crippen LogP contribution is -2.44. The van der Waals surface area contributed by atoms with Gasteiger partial charge in [0.05, 0.1) is 11.9 Å². The molecule has 22 heavy (non-hydrogen) atoms. The quantitative estimate of drug-likeness (QED) is 0.870. The number of hydrogen-bond acceptors (Lipinski definition) is 4. The van der Waals surface area contributed by atoms with E-state index in [1.807, 2.05) is 31.2 Å². The van der Waals surface area contributed by atoms with E-state index in [1.165, 1.54) is 10.9 Å². The van der Waals surface area contributed by atoms with Crippen LogP contribution in [0.2, 0.25) is 0 Å². The van der Waals surface area contributed by atoms with Crippen LogP contribution in [-0.2, 0) is 4.79 Å². The van der Waals surface area contributed by atoms with E-state index >= 15 is 0 Å². The number of carboxylic acid groups (broad SMARTS) is 1. The molecule has 1 amide bonds. The van der Waals surface area contributed by atoms with Crippen LogP contribution in [0.25, 0.3) is 5.69 Å². The van der Waals surface area contributed by atoms with Gasteiger partial charge in [-0.05, 0) is 30.5 Å². The molecular weight excluding hydrogens is 284 g/mol. The summed E-state index contributed by atoms with van der Waals surface area (Å²) in [5.41, 5.74) is 1.92. The summed E-state index contributed by atoms with van der Waals surface area (Å²) in [6.45, 7) is 5.40. The third-order valence-corrected chi connectivity index (χ3v) is 3.21. The SMILES string of the molecule is Cc1cccc(-n2cc(C(=O)N[C@@H](C(=O)O)C(C)C)nn2)c1. The van der Waals surface area contributed by atoms with Crippen molar-refractivity contribution in [3.05, 3.63) is 41.7 Å². The van der Waals surface area contributed by atoms with Gasteiger partial charge in [0.25, 0.3) is 5.91 Å². The highest BCUT2D eigenvalue weighted by molar-refractivity contribution is 5.94. The molecule has 2 N–H and O–H groups in total. The van der Waals surface area contributed by atoms with Crippen molar-refractivity contribution in [3.63, 3.8) is 0 Å². The van der Waals surface area contributed by atoms with Gasteiger partial charge in [-0.2, -0.15) is 0 Å². The summed E-state index contributed by atoms with van der Waals surface area (Å²) in [5.74, 6) is -1.86. The van der Waals surface area contributed by atoms with Crippen LogP contribution >= 0.6 is 0 Å². The van der Waals surface area contributed by atoms with Crippen molar-refractivity contribution in [1.82, 2.24) is 20.3 Å². The van der Waals surface area contributed by atoms with E-state index in [0.717, 1.165) is 11.3 Å². The topological polar surface area (TPSA) is 97.1 Å². The minimum atomic E-state index is -1.07. The van der Waals surface area contributed by atoms with E-state index in [-0.39, 0.29) is 11.6 Å². The molecule has 0 fully saturated rings. The smallest absolute Gasteiger partial charge is 0.326 e. The number of rotatable bonds is 5. The zero-order valence-corrected chi connectivity index (χ0v) is 12.6. The number of carboxylic acids is 1. The summed E-state index contributed by atoms with van der Waals surface area (Å²) in [6, 6.07) is 6.62. The number of aliphatic carboxylic acids is 1. The van der Waals surface area contributed by atoms with E-state index in [9.17, 15) is 9.59 Å². The summed E-state index contributed by atoms with van der Waals surface area (Å²) in [7, 11) is 0. The van der Waals surface area contributed by atoms with Crippen molar-refractivity contribution in [1.29, 1.82) is 0 Å². The molecule has 1 atom stereocenters. The minimum Gasteiger partial charge on any atom is -0.480 e. The lowest BCUT2D eigenvalue weighted by Gasteiger charge is -2.16. The van der Waals surface area contributed by atoms with Gasteiger partial charge in [0.1, 0.15) is 6.04 Å². The number of carbonyl (C=O) groups excluding carboxylic acids is 1. The van der Waals surface area contributed by atoms with Gasteiger partial charge in [0.15, 0.2) is 5.69 Å². The first kappa shape index (κ1) is 15.7.